The molecule has 10 heteroatoms. The van der Waals surface area contributed by atoms with Gasteiger partial charge in [-0.05, 0) is 30.7 Å². The van der Waals surface area contributed by atoms with Crippen molar-refractivity contribution >= 4 is 5.82 Å². The third kappa shape index (κ3) is 4.05. The molecule has 0 spiro atoms. The number of ether oxygens (including phenoxy) is 2. The second kappa shape index (κ2) is 7.91. The molecule has 5 rings (SSSR count). The number of nitrogens with zero attached hydrogens (tertiary/aromatic N) is 4. The number of rotatable bonds is 5. The number of nitrogen functional groups attached to an aromatic ring is 1. The average Bonchev–Trinajstić information content (AvgIpc) is 3.09. The van der Waals surface area contributed by atoms with Crippen LogP contribution in [0.4, 0.5) is 19.0 Å². The number of hydrogen-bond acceptors (Lipinski definition) is 6. The summed E-state index contributed by atoms with van der Waals surface area (Å²) in [6.07, 6.45) is 0.907. The van der Waals surface area contributed by atoms with E-state index in [1.54, 1.807) is 0 Å². The highest BCUT2D eigenvalue weighted by atomic mass is 19.4. The first kappa shape index (κ1) is 21.5. The van der Waals surface area contributed by atoms with Gasteiger partial charge in [0.2, 0.25) is 0 Å². The first-order valence-electron chi connectivity index (χ1n) is 11.1. The molecule has 3 heterocycles. The molecule has 0 radical (unpaired) electrons. The molecule has 2 aliphatic carbocycles. The number of alkyl halides is 3. The lowest BCUT2D eigenvalue weighted by atomic mass is 10.1. The first-order chi connectivity index (χ1) is 15.2. The number of aromatic nitrogens is 3. The van der Waals surface area contributed by atoms with E-state index in [1.807, 2.05) is 6.20 Å². The van der Waals surface area contributed by atoms with Crippen LogP contribution in [0, 0.1) is 11.8 Å². The zero-order valence-corrected chi connectivity index (χ0v) is 18.2. The molecule has 32 heavy (non-hydrogen) atoms. The Kier molecular flexibility index (Phi) is 5.32. The Hall–Kier alpha value is -2.33. The first-order valence-corrected chi connectivity index (χ1v) is 11.1. The lowest BCUT2D eigenvalue weighted by molar-refractivity contribution is -0.274. The zero-order valence-electron chi connectivity index (χ0n) is 18.2. The van der Waals surface area contributed by atoms with Gasteiger partial charge in [0, 0.05) is 49.0 Å². The molecule has 3 aliphatic rings. The van der Waals surface area contributed by atoms with Gasteiger partial charge >= 0.3 is 6.36 Å². The van der Waals surface area contributed by atoms with Crippen LogP contribution in [0.25, 0.3) is 11.3 Å². The second-order valence-electron chi connectivity index (χ2n) is 9.29. The summed E-state index contributed by atoms with van der Waals surface area (Å²) in [6, 6.07) is 2.28. The Morgan fingerprint density at radius 3 is 2.50 bits per heavy atom. The van der Waals surface area contributed by atoms with E-state index in [9.17, 15) is 13.2 Å². The van der Waals surface area contributed by atoms with Gasteiger partial charge < -0.3 is 19.8 Å². The largest absolute Gasteiger partial charge is 0.573 e. The average molecular weight is 451 g/mol. The molecule has 174 valence electrons. The molecule has 2 saturated carbocycles. The van der Waals surface area contributed by atoms with Crippen LogP contribution in [0.5, 0.6) is 5.75 Å². The molecule has 3 fully saturated rings. The molecule has 2 unspecified atom stereocenters. The molecule has 0 amide bonds. The molecule has 0 aromatic carbocycles. The monoisotopic (exact) mass is 451 g/mol. The molecule has 2 aromatic rings. The van der Waals surface area contributed by atoms with Gasteiger partial charge in [-0.15, -0.1) is 13.2 Å². The lowest BCUT2D eigenvalue weighted by Crippen LogP contribution is -2.43. The predicted molar refractivity (Wildman–Crippen MR) is 112 cm³/mol. The van der Waals surface area contributed by atoms with Crippen LogP contribution in [0.2, 0.25) is 0 Å². The predicted octanol–water partition coefficient (Wildman–Crippen LogP) is 3.83. The normalized spacial score (nSPS) is 28.2. The summed E-state index contributed by atoms with van der Waals surface area (Å²) < 4.78 is 49.9. The van der Waals surface area contributed by atoms with Crippen molar-refractivity contribution in [3.8, 4) is 17.0 Å². The molecular weight excluding hydrogens is 423 g/mol. The highest BCUT2D eigenvalue weighted by molar-refractivity contribution is 5.64. The van der Waals surface area contributed by atoms with E-state index in [2.05, 4.69) is 33.0 Å². The minimum absolute atomic E-state index is 0.188. The number of imidazole rings is 1. The standard InChI is InChI=1S/C22H28F3N5O2/c1-12(2)21-28-17(13-7-18(20(26)27-10-13)32-22(23,24)25)11-30(21)19-15-8-14(9-16(15)19)29-3-5-31-6-4-29/h7,10-12,14-16,19H,3-6,8-9H2,1-2H3,(H2,26,27)/t14?,15-,16+,19?. The fourth-order valence-electron chi connectivity index (χ4n) is 5.45. The van der Waals surface area contributed by atoms with E-state index in [-0.39, 0.29) is 11.7 Å². The smallest absolute Gasteiger partial charge is 0.402 e. The summed E-state index contributed by atoms with van der Waals surface area (Å²) in [5.41, 5.74) is 6.62. The van der Waals surface area contributed by atoms with Crippen molar-refractivity contribution < 1.29 is 22.6 Å². The molecular formula is C22H28F3N5O2. The maximum absolute atomic E-state index is 12.7. The molecule has 4 atom stereocenters. The number of pyridine rings is 1. The van der Waals surface area contributed by atoms with Crippen molar-refractivity contribution in [1.29, 1.82) is 0 Å². The molecule has 2 N–H and O–H groups in total. The van der Waals surface area contributed by atoms with Crippen LogP contribution < -0.4 is 10.5 Å². The van der Waals surface area contributed by atoms with E-state index < -0.39 is 12.1 Å². The molecule has 1 saturated heterocycles. The fraction of sp³-hybridized carbons (Fsp3) is 0.636. The third-order valence-corrected chi connectivity index (χ3v) is 6.94. The molecule has 1 aliphatic heterocycles. The molecule has 7 nitrogen and oxygen atoms in total. The maximum Gasteiger partial charge on any atom is 0.573 e. The fourth-order valence-corrected chi connectivity index (χ4v) is 5.45. The van der Waals surface area contributed by atoms with Gasteiger partial charge in [0.15, 0.2) is 11.6 Å². The zero-order chi connectivity index (χ0) is 22.6. The second-order valence-corrected chi connectivity index (χ2v) is 9.29. The van der Waals surface area contributed by atoms with E-state index >= 15 is 0 Å². The number of fused-ring (bicyclic) bond motifs is 1. The maximum atomic E-state index is 12.7. The van der Waals surface area contributed by atoms with Gasteiger partial charge in [0.05, 0.1) is 18.9 Å². The van der Waals surface area contributed by atoms with Crippen LogP contribution in [-0.2, 0) is 4.74 Å². The summed E-state index contributed by atoms with van der Waals surface area (Å²) in [7, 11) is 0. The quantitative estimate of drug-likeness (QED) is 0.745. The van der Waals surface area contributed by atoms with Gasteiger partial charge in [-0.25, -0.2) is 9.97 Å². The van der Waals surface area contributed by atoms with E-state index in [0.29, 0.717) is 35.2 Å². The van der Waals surface area contributed by atoms with Gasteiger partial charge in [0.25, 0.3) is 0 Å². The van der Waals surface area contributed by atoms with Crippen molar-refractivity contribution in [3.05, 3.63) is 24.3 Å². The third-order valence-electron chi connectivity index (χ3n) is 6.94. The highest BCUT2D eigenvalue weighted by Gasteiger charge is 2.58. The van der Waals surface area contributed by atoms with Gasteiger partial charge in [-0.2, -0.15) is 0 Å². The van der Waals surface area contributed by atoms with Crippen LogP contribution in [0.15, 0.2) is 18.5 Å². The molecule has 0 bridgehead atoms. The topological polar surface area (TPSA) is 78.4 Å². The Balaban J connectivity index is 1.36. The van der Waals surface area contributed by atoms with Gasteiger partial charge in [-0.3, -0.25) is 4.90 Å². The van der Waals surface area contributed by atoms with Crippen molar-refractivity contribution in [3.63, 3.8) is 0 Å². The van der Waals surface area contributed by atoms with E-state index in [0.717, 1.165) is 32.1 Å². The number of morpholine rings is 1. The van der Waals surface area contributed by atoms with Gasteiger partial charge in [-0.1, -0.05) is 13.8 Å². The summed E-state index contributed by atoms with van der Waals surface area (Å²) in [5, 5.41) is 0. The minimum Gasteiger partial charge on any atom is -0.402 e. The van der Waals surface area contributed by atoms with Crippen LogP contribution in [-0.4, -0.2) is 58.1 Å². The van der Waals surface area contributed by atoms with Crippen LogP contribution in [0.3, 0.4) is 0 Å². The van der Waals surface area contributed by atoms with Gasteiger partial charge in [0.1, 0.15) is 5.82 Å². The van der Waals surface area contributed by atoms with Crippen LogP contribution in [0.1, 0.15) is 44.5 Å². The lowest BCUT2D eigenvalue weighted by Gasteiger charge is -2.33. The van der Waals surface area contributed by atoms with Crippen LogP contribution >= 0.6 is 0 Å². The van der Waals surface area contributed by atoms with Crippen molar-refractivity contribution in [2.24, 2.45) is 11.8 Å². The van der Waals surface area contributed by atoms with Crippen molar-refractivity contribution in [2.45, 2.75) is 51.1 Å². The Labute approximate surface area is 184 Å². The number of halogens is 3. The number of hydrogen-bond donors (Lipinski definition) is 1. The summed E-state index contributed by atoms with van der Waals surface area (Å²) in [6.45, 7) is 7.80. The Morgan fingerprint density at radius 1 is 1.19 bits per heavy atom. The number of anilines is 1. The number of nitrogens with two attached hydrogens (primary N) is 1. The highest BCUT2D eigenvalue weighted by Crippen LogP contribution is 2.62. The summed E-state index contributed by atoms with van der Waals surface area (Å²) in [5.74, 6) is 1.56. The Morgan fingerprint density at radius 2 is 1.88 bits per heavy atom. The Bertz CT molecular complexity index is 974. The van der Waals surface area contributed by atoms with Crippen molar-refractivity contribution in [2.75, 3.05) is 32.0 Å². The van der Waals surface area contributed by atoms with Crippen molar-refractivity contribution in [1.82, 2.24) is 19.4 Å². The molecule has 2 aromatic heterocycles. The van der Waals surface area contributed by atoms with E-state index in [4.69, 9.17) is 15.5 Å². The summed E-state index contributed by atoms with van der Waals surface area (Å²) >= 11 is 0. The SMILES string of the molecule is CC(C)c1nc(-c2cnc(N)c(OC(F)(F)F)c2)cn1C1[C@H]2CC(N3CCOCC3)C[C@@H]12. The minimum atomic E-state index is -4.83. The summed E-state index contributed by atoms with van der Waals surface area (Å²) in [4.78, 5) is 11.2. The van der Waals surface area contributed by atoms with E-state index in [1.165, 1.54) is 25.1 Å².